The lowest BCUT2D eigenvalue weighted by atomic mass is 9.84. The lowest BCUT2D eigenvalue weighted by Crippen LogP contribution is -2.51. The first-order valence-electron chi connectivity index (χ1n) is 10.7. The van der Waals surface area contributed by atoms with Crippen molar-refractivity contribution in [3.63, 3.8) is 0 Å². The maximum absolute atomic E-state index is 13.1. The van der Waals surface area contributed by atoms with Crippen molar-refractivity contribution in [1.82, 2.24) is 20.5 Å². The molecule has 3 rings (SSSR count). The van der Waals surface area contributed by atoms with Crippen LogP contribution in [0.15, 0.2) is 11.7 Å². The van der Waals surface area contributed by atoms with E-state index in [-0.39, 0.29) is 17.9 Å². The average molecular weight is 407 g/mol. The van der Waals surface area contributed by atoms with E-state index in [0.717, 1.165) is 44.9 Å². The van der Waals surface area contributed by atoms with E-state index in [1.807, 2.05) is 0 Å². The van der Waals surface area contributed by atoms with Gasteiger partial charge in [0, 0.05) is 12.1 Å². The van der Waals surface area contributed by atoms with E-state index < -0.39 is 6.04 Å². The summed E-state index contributed by atoms with van der Waals surface area (Å²) in [5.41, 5.74) is 1.65. The zero-order chi connectivity index (χ0) is 19.9. The Balaban J connectivity index is 1.58. The highest BCUT2D eigenvalue weighted by atomic mass is 32.1. The number of nitrogens with one attached hydrogen (secondary N) is 2. The van der Waals surface area contributed by atoms with Crippen LogP contribution in [0.4, 0.5) is 0 Å². The minimum absolute atomic E-state index is 0.0169. The number of hydrogen-bond donors (Lipinski definition) is 2. The van der Waals surface area contributed by atoms with Gasteiger partial charge in [0.25, 0.3) is 5.91 Å². The third kappa shape index (κ3) is 6.01. The van der Waals surface area contributed by atoms with Gasteiger partial charge >= 0.3 is 0 Å². The Kier molecular flexibility index (Phi) is 7.85. The molecule has 0 aliphatic heterocycles. The van der Waals surface area contributed by atoms with E-state index in [2.05, 4.69) is 34.6 Å². The number of thiazole rings is 1. The summed E-state index contributed by atoms with van der Waals surface area (Å²) < 4.78 is 0. The molecule has 2 aliphatic carbocycles. The minimum atomic E-state index is -0.454. The van der Waals surface area contributed by atoms with Crippen LogP contribution in [-0.4, -0.2) is 53.9 Å². The molecule has 2 fully saturated rings. The molecule has 156 valence electrons. The van der Waals surface area contributed by atoms with E-state index in [1.54, 1.807) is 11.7 Å². The molecule has 2 amide bonds. The molecule has 0 radical (unpaired) electrons. The molecule has 0 bridgehead atoms. The third-order valence-corrected chi connectivity index (χ3v) is 7.12. The summed E-state index contributed by atoms with van der Waals surface area (Å²) in [6.07, 6.45) is 12.6. The van der Waals surface area contributed by atoms with Crippen LogP contribution < -0.4 is 10.6 Å². The fourth-order valence-corrected chi connectivity index (χ4v) is 5.11. The smallest absolute Gasteiger partial charge is 0.263 e. The Hall–Kier alpha value is -1.47. The van der Waals surface area contributed by atoms with E-state index in [1.165, 1.54) is 30.6 Å². The molecule has 2 aliphatic rings. The van der Waals surface area contributed by atoms with Crippen LogP contribution in [0.3, 0.4) is 0 Å². The SMILES string of the molecule is CN(C)C1CCC(NC(=O)[C@H](CC2CCCCC2)NC(=O)c2cncs2)CC1. The predicted octanol–water partition coefficient (Wildman–Crippen LogP) is 3.20. The second kappa shape index (κ2) is 10.3. The highest BCUT2D eigenvalue weighted by Crippen LogP contribution is 2.28. The first-order valence-corrected chi connectivity index (χ1v) is 11.6. The molecule has 0 unspecified atom stereocenters. The summed E-state index contributed by atoms with van der Waals surface area (Å²) in [7, 11) is 4.25. The van der Waals surface area contributed by atoms with E-state index in [9.17, 15) is 9.59 Å². The first kappa shape index (κ1) is 21.2. The molecule has 1 aromatic rings. The zero-order valence-electron chi connectivity index (χ0n) is 17.2. The van der Waals surface area contributed by atoms with Gasteiger partial charge in [-0.05, 0) is 52.1 Å². The van der Waals surface area contributed by atoms with E-state index in [0.29, 0.717) is 16.8 Å². The second-order valence-electron chi connectivity index (χ2n) is 8.61. The van der Waals surface area contributed by atoms with Crippen LogP contribution in [0.1, 0.15) is 73.9 Å². The van der Waals surface area contributed by atoms with Gasteiger partial charge in [0.2, 0.25) is 5.91 Å². The normalized spacial score (nSPS) is 24.7. The Morgan fingerprint density at radius 3 is 2.46 bits per heavy atom. The number of aromatic nitrogens is 1. The lowest BCUT2D eigenvalue weighted by Gasteiger charge is -2.34. The number of carbonyl (C=O) groups is 2. The summed E-state index contributed by atoms with van der Waals surface area (Å²) in [5, 5.41) is 6.23. The molecular weight excluding hydrogens is 372 g/mol. The average Bonchev–Trinajstić information content (AvgIpc) is 3.23. The molecule has 7 heteroatoms. The van der Waals surface area contributed by atoms with Gasteiger partial charge in [0.15, 0.2) is 0 Å². The molecule has 1 aromatic heterocycles. The summed E-state index contributed by atoms with van der Waals surface area (Å²) in [5.74, 6) is 0.322. The first-order chi connectivity index (χ1) is 13.5. The molecule has 1 atom stereocenters. The number of amides is 2. The fraction of sp³-hybridized carbons (Fsp3) is 0.762. The van der Waals surface area contributed by atoms with Crippen LogP contribution in [0.25, 0.3) is 0 Å². The topological polar surface area (TPSA) is 74.3 Å². The van der Waals surface area contributed by atoms with Crippen molar-refractivity contribution in [1.29, 1.82) is 0 Å². The van der Waals surface area contributed by atoms with Crippen LogP contribution in [0, 0.1) is 5.92 Å². The highest BCUT2D eigenvalue weighted by molar-refractivity contribution is 7.11. The third-order valence-electron chi connectivity index (χ3n) is 6.35. The molecule has 2 N–H and O–H groups in total. The summed E-state index contributed by atoms with van der Waals surface area (Å²) in [4.78, 5) is 32.4. The van der Waals surface area contributed by atoms with Gasteiger partial charge in [-0.15, -0.1) is 11.3 Å². The van der Waals surface area contributed by atoms with Gasteiger partial charge < -0.3 is 15.5 Å². The van der Waals surface area contributed by atoms with Crippen LogP contribution in [-0.2, 0) is 4.79 Å². The Labute approximate surface area is 172 Å². The van der Waals surface area contributed by atoms with Crippen molar-refractivity contribution >= 4 is 23.2 Å². The number of nitrogens with zero attached hydrogens (tertiary/aromatic N) is 2. The predicted molar refractivity (Wildman–Crippen MR) is 112 cm³/mol. The summed E-state index contributed by atoms with van der Waals surface area (Å²) >= 11 is 1.31. The monoisotopic (exact) mass is 406 g/mol. The number of carbonyl (C=O) groups excluding carboxylic acids is 2. The summed E-state index contributed by atoms with van der Waals surface area (Å²) in [6.45, 7) is 0. The Bertz CT molecular complexity index is 620. The number of hydrogen-bond acceptors (Lipinski definition) is 5. The Morgan fingerprint density at radius 2 is 1.86 bits per heavy atom. The standard InChI is InChI=1S/C21H34N4O2S/c1-25(2)17-10-8-16(9-11-17)23-20(26)18(12-15-6-4-3-5-7-15)24-21(27)19-13-22-14-28-19/h13-18H,3-12H2,1-2H3,(H,23,26)(H,24,27)/t16?,17?,18-/m0/s1. The lowest BCUT2D eigenvalue weighted by molar-refractivity contribution is -0.124. The zero-order valence-corrected chi connectivity index (χ0v) is 18.0. The molecule has 28 heavy (non-hydrogen) atoms. The van der Waals surface area contributed by atoms with Crippen LogP contribution >= 0.6 is 11.3 Å². The van der Waals surface area contributed by atoms with Crippen LogP contribution in [0.5, 0.6) is 0 Å². The van der Waals surface area contributed by atoms with Gasteiger partial charge in [0.05, 0.1) is 11.7 Å². The maximum Gasteiger partial charge on any atom is 0.263 e. The molecule has 6 nitrogen and oxygen atoms in total. The quantitative estimate of drug-likeness (QED) is 0.729. The maximum atomic E-state index is 13.1. The van der Waals surface area contributed by atoms with Crippen molar-refractivity contribution in [2.24, 2.45) is 5.92 Å². The molecule has 0 spiro atoms. The van der Waals surface area contributed by atoms with Crippen molar-refractivity contribution in [3.05, 3.63) is 16.6 Å². The van der Waals surface area contributed by atoms with Crippen molar-refractivity contribution in [3.8, 4) is 0 Å². The van der Waals surface area contributed by atoms with E-state index in [4.69, 9.17) is 0 Å². The summed E-state index contributed by atoms with van der Waals surface area (Å²) in [6, 6.07) is 0.374. The molecular formula is C21H34N4O2S. The van der Waals surface area contributed by atoms with Gasteiger partial charge in [-0.2, -0.15) is 0 Å². The highest BCUT2D eigenvalue weighted by Gasteiger charge is 2.30. The fourth-order valence-electron chi connectivity index (χ4n) is 4.58. The molecule has 1 heterocycles. The minimum Gasteiger partial charge on any atom is -0.352 e. The van der Waals surface area contributed by atoms with Gasteiger partial charge in [-0.25, -0.2) is 0 Å². The number of rotatable bonds is 7. The molecule has 0 aromatic carbocycles. The van der Waals surface area contributed by atoms with Gasteiger partial charge in [-0.3, -0.25) is 14.6 Å². The van der Waals surface area contributed by atoms with Crippen molar-refractivity contribution < 1.29 is 9.59 Å². The largest absolute Gasteiger partial charge is 0.352 e. The van der Waals surface area contributed by atoms with Crippen LogP contribution in [0.2, 0.25) is 0 Å². The van der Waals surface area contributed by atoms with Gasteiger partial charge in [0.1, 0.15) is 10.9 Å². The van der Waals surface area contributed by atoms with E-state index >= 15 is 0 Å². The van der Waals surface area contributed by atoms with Crippen molar-refractivity contribution in [2.45, 2.75) is 82.3 Å². The van der Waals surface area contributed by atoms with Crippen molar-refractivity contribution in [2.75, 3.05) is 14.1 Å². The second-order valence-corrected chi connectivity index (χ2v) is 9.50. The molecule has 0 saturated heterocycles. The Morgan fingerprint density at radius 1 is 1.14 bits per heavy atom. The molecule has 2 saturated carbocycles. The van der Waals surface area contributed by atoms with Gasteiger partial charge in [-0.1, -0.05) is 32.1 Å².